The second-order valence-corrected chi connectivity index (χ2v) is 6.92. The number of thiophene rings is 1. The lowest BCUT2D eigenvalue weighted by molar-refractivity contribution is 0.133. The minimum Gasteiger partial charge on any atom is -0.380 e. The minimum atomic E-state index is -3.44. The molecule has 0 radical (unpaired) electrons. The molecule has 0 spiro atoms. The van der Waals surface area contributed by atoms with Gasteiger partial charge < -0.3 is 10.1 Å². The highest BCUT2D eigenvalue weighted by molar-refractivity contribution is 7.89. The summed E-state index contributed by atoms with van der Waals surface area (Å²) >= 11 is 1.45. The van der Waals surface area contributed by atoms with Crippen LogP contribution in [-0.2, 0) is 21.3 Å². The molecule has 0 fully saturated rings. The van der Waals surface area contributed by atoms with Crippen molar-refractivity contribution in [1.29, 1.82) is 0 Å². The SMILES string of the molecule is CCNCc1cc(S(=O)(=O)NC(C)COCC)cs1. The van der Waals surface area contributed by atoms with Crippen molar-refractivity contribution in [3.05, 3.63) is 16.3 Å². The molecule has 1 aromatic heterocycles. The predicted octanol–water partition coefficient (Wildman–Crippen LogP) is 1.56. The van der Waals surface area contributed by atoms with Gasteiger partial charge in [-0.2, -0.15) is 0 Å². The monoisotopic (exact) mass is 306 g/mol. The van der Waals surface area contributed by atoms with Gasteiger partial charge in [0.25, 0.3) is 0 Å². The van der Waals surface area contributed by atoms with Crippen LogP contribution in [0.25, 0.3) is 0 Å². The van der Waals surface area contributed by atoms with Crippen molar-refractivity contribution in [2.45, 2.75) is 38.3 Å². The highest BCUT2D eigenvalue weighted by atomic mass is 32.2. The molecule has 0 aromatic carbocycles. The fourth-order valence-electron chi connectivity index (χ4n) is 1.50. The van der Waals surface area contributed by atoms with Crippen LogP contribution in [-0.4, -0.2) is 34.2 Å². The fourth-order valence-corrected chi connectivity index (χ4v) is 3.98. The summed E-state index contributed by atoms with van der Waals surface area (Å²) < 4.78 is 32.0. The molecule has 0 amide bonds. The van der Waals surface area contributed by atoms with Gasteiger partial charge in [-0.1, -0.05) is 6.92 Å². The number of hydrogen-bond acceptors (Lipinski definition) is 5. The molecular weight excluding hydrogens is 284 g/mol. The smallest absolute Gasteiger partial charge is 0.241 e. The molecule has 19 heavy (non-hydrogen) atoms. The van der Waals surface area contributed by atoms with Crippen LogP contribution in [0.15, 0.2) is 16.3 Å². The van der Waals surface area contributed by atoms with E-state index in [1.807, 2.05) is 13.8 Å². The maximum absolute atomic E-state index is 12.1. The highest BCUT2D eigenvalue weighted by Crippen LogP contribution is 2.19. The van der Waals surface area contributed by atoms with Gasteiger partial charge in [0.2, 0.25) is 10.0 Å². The lowest BCUT2D eigenvalue weighted by Crippen LogP contribution is -2.35. The van der Waals surface area contributed by atoms with Crippen LogP contribution in [0.2, 0.25) is 0 Å². The number of nitrogens with one attached hydrogen (secondary N) is 2. The molecule has 7 heteroatoms. The molecule has 0 saturated carbocycles. The first kappa shape index (κ1) is 16.6. The highest BCUT2D eigenvalue weighted by Gasteiger charge is 2.18. The summed E-state index contributed by atoms with van der Waals surface area (Å²) in [5.74, 6) is 0. The standard InChI is InChI=1S/C12H22N2O3S2/c1-4-13-7-11-6-12(9-18-11)19(15,16)14-10(3)8-17-5-2/h6,9-10,13-14H,4-5,7-8H2,1-3H3. The third-order valence-electron chi connectivity index (χ3n) is 2.42. The van der Waals surface area contributed by atoms with Gasteiger partial charge in [0.1, 0.15) is 0 Å². The molecule has 1 aromatic rings. The topological polar surface area (TPSA) is 67.4 Å². The average molecular weight is 306 g/mol. The zero-order valence-electron chi connectivity index (χ0n) is 11.6. The van der Waals surface area contributed by atoms with E-state index in [1.54, 1.807) is 18.4 Å². The zero-order valence-corrected chi connectivity index (χ0v) is 13.2. The summed E-state index contributed by atoms with van der Waals surface area (Å²) in [5, 5.41) is 4.84. The van der Waals surface area contributed by atoms with Gasteiger partial charge in [0, 0.05) is 29.5 Å². The van der Waals surface area contributed by atoms with Crippen LogP contribution in [0.1, 0.15) is 25.6 Å². The Morgan fingerprint density at radius 2 is 2.16 bits per heavy atom. The van der Waals surface area contributed by atoms with Gasteiger partial charge >= 0.3 is 0 Å². The van der Waals surface area contributed by atoms with E-state index in [9.17, 15) is 8.42 Å². The summed E-state index contributed by atoms with van der Waals surface area (Å²) in [6, 6.07) is 1.48. The van der Waals surface area contributed by atoms with E-state index in [2.05, 4.69) is 10.0 Å². The Balaban J connectivity index is 2.63. The molecule has 1 atom stereocenters. The first-order chi connectivity index (χ1) is 8.99. The van der Waals surface area contributed by atoms with Crippen LogP contribution in [0.4, 0.5) is 0 Å². The number of hydrogen-bond donors (Lipinski definition) is 2. The van der Waals surface area contributed by atoms with Crippen LogP contribution in [0, 0.1) is 0 Å². The van der Waals surface area contributed by atoms with Gasteiger partial charge in [-0.15, -0.1) is 11.3 Å². The second kappa shape index (κ2) is 7.96. The van der Waals surface area contributed by atoms with Gasteiger partial charge in [0.15, 0.2) is 0 Å². The maximum Gasteiger partial charge on any atom is 0.241 e. The Kier molecular flexibility index (Phi) is 6.95. The van der Waals surface area contributed by atoms with Crippen molar-refractivity contribution in [2.24, 2.45) is 0 Å². The predicted molar refractivity (Wildman–Crippen MR) is 78.0 cm³/mol. The molecule has 2 N–H and O–H groups in total. The van der Waals surface area contributed by atoms with Gasteiger partial charge in [-0.25, -0.2) is 13.1 Å². The largest absolute Gasteiger partial charge is 0.380 e. The summed E-state index contributed by atoms with van der Waals surface area (Å²) in [6.07, 6.45) is 0. The zero-order chi connectivity index (χ0) is 14.3. The van der Waals surface area contributed by atoms with Crippen molar-refractivity contribution in [1.82, 2.24) is 10.0 Å². The Morgan fingerprint density at radius 1 is 1.42 bits per heavy atom. The van der Waals surface area contributed by atoms with Gasteiger partial charge in [0.05, 0.1) is 11.5 Å². The molecule has 1 heterocycles. The fraction of sp³-hybridized carbons (Fsp3) is 0.667. The number of ether oxygens (including phenoxy) is 1. The molecule has 1 unspecified atom stereocenters. The molecular formula is C12H22N2O3S2. The molecule has 1 rings (SSSR count). The normalized spacial score (nSPS) is 13.6. The van der Waals surface area contributed by atoms with Crippen LogP contribution in [0.3, 0.4) is 0 Å². The molecule has 0 bridgehead atoms. The quantitative estimate of drug-likeness (QED) is 0.726. The first-order valence-electron chi connectivity index (χ1n) is 6.37. The second-order valence-electron chi connectivity index (χ2n) is 4.21. The number of sulfonamides is 1. The Morgan fingerprint density at radius 3 is 2.79 bits per heavy atom. The first-order valence-corrected chi connectivity index (χ1v) is 8.74. The third-order valence-corrected chi connectivity index (χ3v) is 5.07. The minimum absolute atomic E-state index is 0.234. The molecule has 5 nitrogen and oxygen atoms in total. The molecule has 0 aliphatic carbocycles. The third kappa shape index (κ3) is 5.58. The lowest BCUT2D eigenvalue weighted by Gasteiger charge is -2.13. The van der Waals surface area contributed by atoms with E-state index in [1.165, 1.54) is 11.3 Å². The van der Waals surface area contributed by atoms with E-state index in [0.717, 1.165) is 11.4 Å². The van der Waals surface area contributed by atoms with E-state index in [4.69, 9.17) is 4.74 Å². The summed E-state index contributed by atoms with van der Waals surface area (Å²) in [5.41, 5.74) is 0. The Hall–Kier alpha value is -0.470. The molecule has 110 valence electrons. The van der Waals surface area contributed by atoms with Gasteiger partial charge in [-0.3, -0.25) is 0 Å². The average Bonchev–Trinajstić information content (AvgIpc) is 2.83. The summed E-state index contributed by atoms with van der Waals surface area (Å²) in [4.78, 5) is 1.34. The van der Waals surface area contributed by atoms with E-state index in [-0.39, 0.29) is 6.04 Å². The van der Waals surface area contributed by atoms with Gasteiger partial charge in [-0.05, 0) is 26.5 Å². The Bertz CT molecular complexity index is 471. The molecule has 0 aliphatic heterocycles. The summed E-state index contributed by atoms with van der Waals surface area (Å²) in [6.45, 7) is 8.21. The van der Waals surface area contributed by atoms with Crippen molar-refractivity contribution in [3.63, 3.8) is 0 Å². The molecule has 0 saturated heterocycles. The van der Waals surface area contributed by atoms with Crippen molar-refractivity contribution in [2.75, 3.05) is 19.8 Å². The molecule has 0 aliphatic rings. The van der Waals surface area contributed by atoms with Crippen LogP contribution < -0.4 is 10.0 Å². The van der Waals surface area contributed by atoms with E-state index in [0.29, 0.717) is 24.7 Å². The van der Waals surface area contributed by atoms with Crippen molar-refractivity contribution in [3.8, 4) is 0 Å². The number of rotatable bonds is 9. The van der Waals surface area contributed by atoms with Crippen molar-refractivity contribution >= 4 is 21.4 Å². The maximum atomic E-state index is 12.1. The Labute approximate surface area is 119 Å². The van der Waals surface area contributed by atoms with Crippen molar-refractivity contribution < 1.29 is 13.2 Å². The van der Waals surface area contributed by atoms with Crippen LogP contribution >= 0.6 is 11.3 Å². The lowest BCUT2D eigenvalue weighted by atomic mass is 10.4. The van der Waals surface area contributed by atoms with E-state index >= 15 is 0 Å². The van der Waals surface area contributed by atoms with E-state index < -0.39 is 10.0 Å². The van der Waals surface area contributed by atoms with Crippen LogP contribution in [0.5, 0.6) is 0 Å². The summed E-state index contributed by atoms with van der Waals surface area (Å²) in [7, 11) is -3.44.